The van der Waals surface area contributed by atoms with Crippen LogP contribution in [0.15, 0.2) is 18.2 Å². The molecule has 3 aliphatic heterocycles. The predicted molar refractivity (Wildman–Crippen MR) is 150 cm³/mol. The van der Waals surface area contributed by atoms with Crippen LogP contribution in [-0.2, 0) is 21.4 Å². The summed E-state index contributed by atoms with van der Waals surface area (Å²) in [5.41, 5.74) is 2.46. The molecule has 0 bridgehead atoms. The number of nitrogens with zero attached hydrogens (tertiary/aromatic N) is 5. The summed E-state index contributed by atoms with van der Waals surface area (Å²) < 4.78 is 7.47. The van der Waals surface area contributed by atoms with E-state index >= 15 is 0 Å². The molecule has 1 aromatic carbocycles. The van der Waals surface area contributed by atoms with E-state index in [9.17, 15) is 14.4 Å². The van der Waals surface area contributed by atoms with Gasteiger partial charge in [-0.15, -0.1) is 0 Å². The van der Waals surface area contributed by atoms with E-state index in [1.165, 1.54) is 0 Å². The smallest absolute Gasteiger partial charge is 0.410 e. The number of anilines is 1. The van der Waals surface area contributed by atoms with E-state index in [0.29, 0.717) is 24.7 Å². The van der Waals surface area contributed by atoms with Gasteiger partial charge in [0.25, 0.3) is 0 Å². The van der Waals surface area contributed by atoms with Crippen molar-refractivity contribution in [3.63, 3.8) is 0 Å². The molecule has 0 aliphatic carbocycles. The lowest BCUT2D eigenvalue weighted by molar-refractivity contribution is -0.134. The fourth-order valence-electron chi connectivity index (χ4n) is 6.27. The molecule has 0 saturated carbocycles. The molecule has 3 fully saturated rings. The largest absolute Gasteiger partial charge is 0.444 e. The van der Waals surface area contributed by atoms with Crippen molar-refractivity contribution in [1.82, 2.24) is 24.9 Å². The third-order valence-electron chi connectivity index (χ3n) is 8.38. The summed E-state index contributed by atoms with van der Waals surface area (Å²) in [6, 6.07) is 6.22. The predicted octanol–water partition coefficient (Wildman–Crippen LogP) is 3.11. The van der Waals surface area contributed by atoms with Gasteiger partial charge in [0.05, 0.1) is 22.8 Å². The van der Waals surface area contributed by atoms with E-state index in [4.69, 9.17) is 9.84 Å². The minimum absolute atomic E-state index is 0.202. The van der Waals surface area contributed by atoms with Gasteiger partial charge in [0, 0.05) is 64.7 Å². The molecular weight excluding hydrogens is 496 g/mol. The molecule has 212 valence electrons. The third kappa shape index (κ3) is 5.90. The van der Waals surface area contributed by atoms with Crippen molar-refractivity contribution in [2.45, 2.75) is 58.5 Å². The molecule has 1 N–H and O–H groups in total. The Morgan fingerprint density at radius 2 is 1.85 bits per heavy atom. The van der Waals surface area contributed by atoms with Crippen LogP contribution in [0.3, 0.4) is 0 Å². The van der Waals surface area contributed by atoms with Crippen molar-refractivity contribution in [3.8, 4) is 0 Å². The first kappa shape index (κ1) is 27.4. The molecule has 1 aromatic heterocycles. The van der Waals surface area contributed by atoms with Crippen molar-refractivity contribution in [2.75, 3.05) is 50.7 Å². The third-order valence-corrected chi connectivity index (χ3v) is 8.38. The van der Waals surface area contributed by atoms with Gasteiger partial charge in [-0.3, -0.25) is 24.5 Å². The number of nitrogens with one attached hydrogen (secondary N) is 1. The summed E-state index contributed by atoms with van der Waals surface area (Å²) in [4.78, 5) is 43.5. The highest BCUT2D eigenvalue weighted by Gasteiger charge is 2.34. The van der Waals surface area contributed by atoms with Crippen LogP contribution >= 0.6 is 0 Å². The van der Waals surface area contributed by atoms with Gasteiger partial charge in [-0.1, -0.05) is 19.1 Å². The van der Waals surface area contributed by atoms with Crippen molar-refractivity contribution in [1.29, 1.82) is 0 Å². The van der Waals surface area contributed by atoms with E-state index in [1.54, 1.807) is 0 Å². The Morgan fingerprint density at radius 1 is 1.10 bits per heavy atom. The van der Waals surface area contributed by atoms with Crippen LogP contribution in [0, 0.1) is 11.8 Å². The van der Waals surface area contributed by atoms with Gasteiger partial charge in [0.1, 0.15) is 5.60 Å². The lowest BCUT2D eigenvalue weighted by atomic mass is 9.86. The lowest BCUT2D eigenvalue weighted by Gasteiger charge is -2.42. The number of piperidine rings is 2. The highest BCUT2D eigenvalue weighted by atomic mass is 16.6. The first-order chi connectivity index (χ1) is 18.5. The van der Waals surface area contributed by atoms with Gasteiger partial charge >= 0.3 is 6.09 Å². The maximum absolute atomic E-state index is 12.6. The molecule has 3 amide bonds. The summed E-state index contributed by atoms with van der Waals surface area (Å²) in [6.07, 6.45) is 1.63. The van der Waals surface area contributed by atoms with Crippen LogP contribution in [0.1, 0.15) is 58.6 Å². The number of imide groups is 1. The fraction of sp³-hybridized carbons (Fsp3) is 0.655. The summed E-state index contributed by atoms with van der Waals surface area (Å²) in [5, 5.41) is 8.21. The summed E-state index contributed by atoms with van der Waals surface area (Å²) in [6.45, 7) is 14.3. The highest BCUT2D eigenvalue weighted by molar-refractivity contribution is 6.03. The lowest BCUT2D eigenvalue weighted by Crippen LogP contribution is -2.51. The number of likely N-dealkylation sites (tertiary alicyclic amines) is 1. The maximum Gasteiger partial charge on any atom is 0.410 e. The number of hydrogen-bond acceptors (Lipinski definition) is 7. The zero-order chi connectivity index (χ0) is 27.9. The Labute approximate surface area is 230 Å². The number of carbonyl (C=O) groups is 3. The quantitative estimate of drug-likeness (QED) is 0.597. The highest BCUT2D eigenvalue weighted by Crippen LogP contribution is 2.35. The SMILES string of the molecule is C[C@@H]1CN(C(=O)OC(C)(C)C)CC[C@@H]1CN1CCN(c2cccc3c(C4CCC(=O)NC4=O)nn(C)c23)CC1. The van der Waals surface area contributed by atoms with Crippen LogP contribution in [0.4, 0.5) is 10.5 Å². The molecule has 10 nitrogen and oxygen atoms in total. The second-order valence-electron chi connectivity index (χ2n) is 12.4. The average Bonchev–Trinajstić information content (AvgIpc) is 3.21. The van der Waals surface area contributed by atoms with E-state index in [0.717, 1.165) is 74.5 Å². The Morgan fingerprint density at radius 3 is 2.51 bits per heavy atom. The molecule has 0 radical (unpaired) electrons. The number of aryl methyl sites for hydroxylation is 1. The maximum atomic E-state index is 12.6. The van der Waals surface area contributed by atoms with Crippen LogP contribution in [0.2, 0.25) is 0 Å². The van der Waals surface area contributed by atoms with Gasteiger partial charge in [-0.25, -0.2) is 4.79 Å². The Kier molecular flexibility index (Phi) is 7.59. The number of benzene rings is 1. The van der Waals surface area contributed by atoms with Crippen molar-refractivity contribution in [2.24, 2.45) is 18.9 Å². The van der Waals surface area contributed by atoms with Crippen LogP contribution < -0.4 is 10.2 Å². The first-order valence-electron chi connectivity index (χ1n) is 14.2. The number of para-hydroxylation sites is 1. The topological polar surface area (TPSA) is 100 Å². The number of rotatable bonds is 4. The number of carbonyl (C=O) groups excluding carboxylic acids is 3. The zero-order valence-corrected chi connectivity index (χ0v) is 23.9. The molecular formula is C29H42N6O4. The van der Waals surface area contributed by atoms with Crippen molar-refractivity contribution in [3.05, 3.63) is 23.9 Å². The van der Waals surface area contributed by atoms with E-state index in [1.807, 2.05) is 49.5 Å². The van der Waals surface area contributed by atoms with Gasteiger partial charge in [0.15, 0.2) is 0 Å². The van der Waals surface area contributed by atoms with Gasteiger partial charge in [0.2, 0.25) is 11.8 Å². The Balaban J connectivity index is 1.20. The molecule has 4 heterocycles. The second kappa shape index (κ2) is 10.8. The first-order valence-corrected chi connectivity index (χ1v) is 14.2. The molecule has 1 unspecified atom stereocenters. The van der Waals surface area contributed by atoms with Gasteiger partial charge in [-0.2, -0.15) is 5.10 Å². The standard InChI is InChI=1S/C29H42N6O4/c1-19-17-35(28(38)39-29(2,3)4)12-11-20(19)18-33-13-15-34(16-14-33)23-8-6-7-21-25(31-32(5)26(21)23)22-9-10-24(36)30-27(22)37/h6-8,19-20,22H,9-18H2,1-5H3,(H,30,36,37)/t19-,20-,22?/m1/s1. The van der Waals surface area contributed by atoms with E-state index in [2.05, 4.69) is 28.1 Å². The monoisotopic (exact) mass is 538 g/mol. The summed E-state index contributed by atoms with van der Waals surface area (Å²) >= 11 is 0. The van der Waals surface area contributed by atoms with Gasteiger partial charge in [-0.05, 0) is 51.5 Å². The number of amides is 3. The minimum Gasteiger partial charge on any atom is -0.444 e. The second-order valence-corrected chi connectivity index (χ2v) is 12.4. The molecule has 5 rings (SSSR count). The molecule has 3 aliphatic rings. The molecule has 0 spiro atoms. The Hall–Kier alpha value is -3.14. The Bertz CT molecular complexity index is 1240. The van der Waals surface area contributed by atoms with Crippen LogP contribution in [0.25, 0.3) is 10.9 Å². The fourth-order valence-corrected chi connectivity index (χ4v) is 6.27. The average molecular weight is 539 g/mol. The number of aromatic nitrogens is 2. The molecule has 39 heavy (non-hydrogen) atoms. The van der Waals surface area contributed by atoms with E-state index < -0.39 is 11.5 Å². The minimum atomic E-state index is -0.469. The van der Waals surface area contributed by atoms with Crippen LogP contribution in [-0.4, -0.2) is 88.9 Å². The van der Waals surface area contributed by atoms with Crippen LogP contribution in [0.5, 0.6) is 0 Å². The van der Waals surface area contributed by atoms with Crippen molar-refractivity contribution >= 4 is 34.5 Å². The van der Waals surface area contributed by atoms with Gasteiger partial charge < -0.3 is 14.5 Å². The molecule has 10 heteroatoms. The summed E-state index contributed by atoms with van der Waals surface area (Å²) in [5.74, 6) is 0.127. The van der Waals surface area contributed by atoms with E-state index in [-0.39, 0.29) is 17.9 Å². The number of ether oxygens (including phenoxy) is 1. The van der Waals surface area contributed by atoms with Crippen molar-refractivity contribution < 1.29 is 19.1 Å². The molecule has 3 saturated heterocycles. The zero-order valence-electron chi connectivity index (χ0n) is 23.9. The normalized spacial score (nSPS) is 25.2. The summed E-state index contributed by atoms with van der Waals surface area (Å²) in [7, 11) is 1.93. The number of piperazine rings is 1. The number of hydrogen-bond donors (Lipinski definition) is 1. The molecule has 2 aromatic rings. The molecule has 3 atom stereocenters. The number of fused-ring (bicyclic) bond motifs is 1.